The van der Waals surface area contributed by atoms with Crippen LogP contribution in [0.15, 0.2) is 40.9 Å². The molecule has 1 N–H and O–H groups in total. The van der Waals surface area contributed by atoms with Crippen molar-refractivity contribution < 1.29 is 13.2 Å². The fraction of sp³-hybridized carbons (Fsp3) is 0.200. The fourth-order valence-electron chi connectivity index (χ4n) is 1.97. The van der Waals surface area contributed by atoms with E-state index in [9.17, 15) is 13.2 Å². The van der Waals surface area contributed by atoms with E-state index in [1.54, 1.807) is 18.2 Å². The Hall–Kier alpha value is -1.49. The number of hydrogen-bond acceptors (Lipinski definition) is 1. The van der Waals surface area contributed by atoms with Crippen LogP contribution in [-0.2, 0) is 6.42 Å². The molecule has 2 aromatic rings. The Morgan fingerprint density at radius 2 is 1.80 bits per heavy atom. The van der Waals surface area contributed by atoms with Crippen LogP contribution in [0.4, 0.5) is 18.9 Å². The quantitative estimate of drug-likeness (QED) is 0.831. The maximum Gasteiger partial charge on any atom is 0.150 e. The minimum Gasteiger partial charge on any atom is -0.379 e. The van der Waals surface area contributed by atoms with E-state index in [1.807, 2.05) is 6.92 Å². The molecule has 0 heterocycles. The van der Waals surface area contributed by atoms with Gasteiger partial charge >= 0.3 is 0 Å². The van der Waals surface area contributed by atoms with Gasteiger partial charge in [0.05, 0.1) is 5.69 Å². The van der Waals surface area contributed by atoms with Gasteiger partial charge in [-0.25, -0.2) is 13.2 Å². The maximum absolute atomic E-state index is 13.7. The fourth-order valence-corrected chi connectivity index (χ4v) is 2.49. The van der Waals surface area contributed by atoms with E-state index in [-0.39, 0.29) is 17.5 Å². The number of halogens is 4. The highest BCUT2D eigenvalue weighted by molar-refractivity contribution is 9.10. The van der Waals surface area contributed by atoms with Crippen molar-refractivity contribution in [3.05, 3.63) is 63.9 Å². The Labute approximate surface area is 123 Å². The van der Waals surface area contributed by atoms with Crippen molar-refractivity contribution >= 4 is 21.6 Å². The molecule has 0 aromatic heterocycles. The molecule has 0 spiro atoms. The van der Waals surface area contributed by atoms with Crippen LogP contribution in [-0.4, -0.2) is 6.04 Å². The van der Waals surface area contributed by atoms with E-state index in [1.165, 1.54) is 12.1 Å². The zero-order chi connectivity index (χ0) is 14.7. The molecule has 0 fully saturated rings. The van der Waals surface area contributed by atoms with Crippen molar-refractivity contribution in [2.24, 2.45) is 0 Å². The number of hydrogen-bond donors (Lipinski definition) is 1. The summed E-state index contributed by atoms with van der Waals surface area (Å²) < 4.78 is 40.5. The van der Waals surface area contributed by atoms with E-state index >= 15 is 0 Å². The summed E-state index contributed by atoms with van der Waals surface area (Å²) in [7, 11) is 0. The van der Waals surface area contributed by atoms with E-state index < -0.39 is 11.6 Å². The van der Waals surface area contributed by atoms with Crippen LogP contribution in [0.3, 0.4) is 0 Å². The van der Waals surface area contributed by atoms with Crippen molar-refractivity contribution in [1.82, 2.24) is 0 Å². The highest BCUT2D eigenvalue weighted by Gasteiger charge is 2.13. The van der Waals surface area contributed by atoms with Crippen molar-refractivity contribution in [2.45, 2.75) is 19.4 Å². The average molecular weight is 344 g/mol. The SMILES string of the molecule is CC(Cc1ccccc1F)Nc1c(F)cc(F)cc1Br. The highest BCUT2D eigenvalue weighted by Crippen LogP contribution is 2.28. The van der Waals surface area contributed by atoms with Gasteiger partial charge in [0.2, 0.25) is 0 Å². The summed E-state index contributed by atoms with van der Waals surface area (Å²) in [6.07, 6.45) is 0.399. The molecule has 1 atom stereocenters. The third-order valence-electron chi connectivity index (χ3n) is 2.88. The van der Waals surface area contributed by atoms with E-state index in [0.29, 0.717) is 16.5 Å². The summed E-state index contributed by atoms with van der Waals surface area (Å²) in [5, 5.41) is 2.93. The van der Waals surface area contributed by atoms with Gasteiger partial charge in [0, 0.05) is 16.6 Å². The number of anilines is 1. The van der Waals surface area contributed by atoms with Crippen molar-refractivity contribution in [2.75, 3.05) is 5.32 Å². The molecule has 2 rings (SSSR count). The Kier molecular flexibility index (Phi) is 4.70. The van der Waals surface area contributed by atoms with E-state index in [0.717, 1.165) is 6.07 Å². The van der Waals surface area contributed by atoms with Crippen molar-refractivity contribution in [1.29, 1.82) is 0 Å². The molecule has 0 amide bonds. The van der Waals surface area contributed by atoms with Crippen LogP contribution < -0.4 is 5.32 Å². The first-order valence-corrected chi connectivity index (χ1v) is 6.91. The molecule has 1 unspecified atom stereocenters. The number of benzene rings is 2. The van der Waals surface area contributed by atoms with Gasteiger partial charge in [-0.1, -0.05) is 18.2 Å². The molecule has 0 saturated heterocycles. The van der Waals surface area contributed by atoms with Crippen LogP contribution in [0.5, 0.6) is 0 Å². The lowest BCUT2D eigenvalue weighted by Crippen LogP contribution is -2.20. The van der Waals surface area contributed by atoms with Gasteiger partial charge in [-0.3, -0.25) is 0 Å². The third-order valence-corrected chi connectivity index (χ3v) is 3.51. The average Bonchev–Trinajstić information content (AvgIpc) is 2.36. The molecule has 0 aliphatic carbocycles. The minimum atomic E-state index is -0.683. The zero-order valence-electron chi connectivity index (χ0n) is 10.8. The lowest BCUT2D eigenvalue weighted by Gasteiger charge is -2.17. The monoisotopic (exact) mass is 343 g/mol. The highest BCUT2D eigenvalue weighted by atomic mass is 79.9. The zero-order valence-corrected chi connectivity index (χ0v) is 12.3. The van der Waals surface area contributed by atoms with Crippen LogP contribution in [0.1, 0.15) is 12.5 Å². The molecule has 2 aromatic carbocycles. The second kappa shape index (κ2) is 6.31. The van der Waals surface area contributed by atoms with Crippen LogP contribution in [0.25, 0.3) is 0 Å². The predicted octanol–water partition coefficient (Wildman–Crippen LogP) is 4.91. The molecular weight excluding hydrogens is 331 g/mol. The maximum atomic E-state index is 13.7. The molecular formula is C15H13BrF3N. The van der Waals surface area contributed by atoms with Crippen LogP contribution >= 0.6 is 15.9 Å². The molecule has 5 heteroatoms. The van der Waals surface area contributed by atoms with E-state index in [2.05, 4.69) is 21.2 Å². The summed E-state index contributed by atoms with van der Waals surface area (Å²) in [4.78, 5) is 0. The molecule has 106 valence electrons. The van der Waals surface area contributed by atoms with Gasteiger partial charge in [-0.15, -0.1) is 0 Å². The predicted molar refractivity (Wildman–Crippen MR) is 77.2 cm³/mol. The van der Waals surface area contributed by atoms with Crippen molar-refractivity contribution in [3.8, 4) is 0 Å². The minimum absolute atomic E-state index is 0.176. The van der Waals surface area contributed by atoms with Gasteiger partial charge in [-0.05, 0) is 47.0 Å². The second-order valence-corrected chi connectivity index (χ2v) is 5.44. The molecule has 0 bridgehead atoms. The van der Waals surface area contributed by atoms with Gasteiger partial charge < -0.3 is 5.32 Å². The second-order valence-electron chi connectivity index (χ2n) is 4.59. The van der Waals surface area contributed by atoms with Gasteiger partial charge in [-0.2, -0.15) is 0 Å². The Bertz CT molecular complexity index is 593. The van der Waals surface area contributed by atoms with E-state index in [4.69, 9.17) is 0 Å². The molecule has 0 aliphatic heterocycles. The standard InChI is InChI=1S/C15H13BrF3N/c1-9(6-10-4-2-3-5-13(10)18)20-15-12(16)7-11(17)8-14(15)19/h2-5,7-9,20H,6H2,1H3. The van der Waals surface area contributed by atoms with Gasteiger partial charge in [0.1, 0.15) is 17.5 Å². The number of nitrogens with one attached hydrogen (secondary N) is 1. The molecule has 1 nitrogen and oxygen atoms in total. The normalized spacial score (nSPS) is 12.2. The smallest absolute Gasteiger partial charge is 0.150 e. The molecule has 0 radical (unpaired) electrons. The lowest BCUT2D eigenvalue weighted by atomic mass is 10.1. The summed E-state index contributed by atoms with van der Waals surface area (Å²) in [6, 6.07) is 8.22. The molecule has 0 saturated carbocycles. The summed E-state index contributed by atoms with van der Waals surface area (Å²) in [5.74, 6) is -1.63. The number of rotatable bonds is 4. The Balaban J connectivity index is 2.13. The van der Waals surface area contributed by atoms with Crippen LogP contribution in [0, 0.1) is 17.5 Å². The van der Waals surface area contributed by atoms with Crippen LogP contribution in [0.2, 0.25) is 0 Å². The topological polar surface area (TPSA) is 12.0 Å². The first-order valence-electron chi connectivity index (χ1n) is 6.12. The third kappa shape index (κ3) is 3.54. The van der Waals surface area contributed by atoms with Gasteiger partial charge in [0.15, 0.2) is 0 Å². The van der Waals surface area contributed by atoms with Gasteiger partial charge in [0.25, 0.3) is 0 Å². The van der Waals surface area contributed by atoms with Crippen molar-refractivity contribution in [3.63, 3.8) is 0 Å². The summed E-state index contributed by atoms with van der Waals surface area (Å²) in [6.45, 7) is 1.81. The first kappa shape index (κ1) is 14.9. The first-order chi connectivity index (χ1) is 9.47. The Morgan fingerprint density at radius 3 is 2.45 bits per heavy atom. The largest absolute Gasteiger partial charge is 0.379 e. The molecule has 20 heavy (non-hydrogen) atoms. The Morgan fingerprint density at radius 1 is 1.10 bits per heavy atom. The summed E-state index contributed by atoms with van der Waals surface area (Å²) in [5.41, 5.74) is 0.724. The lowest BCUT2D eigenvalue weighted by molar-refractivity contribution is 0.579. The summed E-state index contributed by atoms with van der Waals surface area (Å²) >= 11 is 3.11. The molecule has 0 aliphatic rings.